The summed E-state index contributed by atoms with van der Waals surface area (Å²) in [5.74, 6) is 1.93. The number of nitrogens with two attached hydrogens (primary N) is 1. The van der Waals surface area contributed by atoms with Crippen LogP contribution in [-0.2, 0) is 6.42 Å². The lowest BCUT2D eigenvalue weighted by atomic mass is 10.1. The van der Waals surface area contributed by atoms with E-state index >= 15 is 0 Å². The van der Waals surface area contributed by atoms with Crippen LogP contribution in [0.2, 0.25) is 0 Å². The Kier molecular flexibility index (Phi) is 3.54. The number of aryl methyl sites for hydroxylation is 1. The van der Waals surface area contributed by atoms with Crippen LogP contribution in [0.15, 0.2) is 30.7 Å². The first-order valence-electron chi connectivity index (χ1n) is 5.97. The zero-order valence-corrected chi connectivity index (χ0v) is 10.3. The Morgan fingerprint density at radius 1 is 1.35 bits per heavy atom. The van der Waals surface area contributed by atoms with Crippen LogP contribution in [0.3, 0.4) is 0 Å². The monoisotopic (exact) mass is 230 g/mol. The molecule has 0 fully saturated rings. The summed E-state index contributed by atoms with van der Waals surface area (Å²) in [4.78, 5) is 8.79. The quantitative estimate of drug-likeness (QED) is 0.876. The van der Waals surface area contributed by atoms with E-state index in [0.717, 1.165) is 30.0 Å². The fourth-order valence-electron chi connectivity index (χ4n) is 1.90. The summed E-state index contributed by atoms with van der Waals surface area (Å²) in [5, 5.41) is 0. The van der Waals surface area contributed by atoms with E-state index in [2.05, 4.69) is 16.9 Å². The maximum atomic E-state index is 5.97. The van der Waals surface area contributed by atoms with Crippen LogP contribution in [0.5, 0.6) is 0 Å². The highest BCUT2D eigenvalue weighted by atomic mass is 15.1. The van der Waals surface area contributed by atoms with E-state index in [9.17, 15) is 0 Å². The number of hydrogen-bond donors (Lipinski definition) is 1. The lowest BCUT2D eigenvalue weighted by Crippen LogP contribution is -2.12. The molecule has 0 saturated carbocycles. The van der Waals surface area contributed by atoms with Gasteiger partial charge in [-0.25, -0.2) is 9.97 Å². The van der Waals surface area contributed by atoms with E-state index in [4.69, 9.17) is 5.73 Å². The van der Waals surface area contributed by atoms with Crippen LogP contribution in [-0.4, -0.2) is 14.5 Å². The maximum Gasteiger partial charge on any atom is 0.142 e. The van der Waals surface area contributed by atoms with Crippen molar-refractivity contribution in [1.29, 1.82) is 0 Å². The Labute approximate surface area is 102 Å². The summed E-state index contributed by atoms with van der Waals surface area (Å²) in [5.41, 5.74) is 7.02. The largest absolute Gasteiger partial charge is 0.324 e. The number of imidazole rings is 1. The fraction of sp³-hybridized carbons (Fsp3) is 0.385. The summed E-state index contributed by atoms with van der Waals surface area (Å²) in [6, 6.07) is 3.90. The number of nitrogens with zero attached hydrogens (tertiary/aromatic N) is 3. The minimum absolute atomic E-state index is 0.0319. The van der Waals surface area contributed by atoms with Gasteiger partial charge in [-0.3, -0.25) is 4.57 Å². The molecule has 0 amide bonds. The summed E-state index contributed by atoms with van der Waals surface area (Å²) in [7, 11) is 0. The third kappa shape index (κ3) is 2.36. The van der Waals surface area contributed by atoms with Crippen molar-refractivity contribution in [2.75, 3.05) is 0 Å². The number of pyridine rings is 1. The normalized spacial score (nSPS) is 12.6. The van der Waals surface area contributed by atoms with Crippen molar-refractivity contribution in [1.82, 2.24) is 14.5 Å². The van der Waals surface area contributed by atoms with Gasteiger partial charge in [-0.15, -0.1) is 0 Å². The Hall–Kier alpha value is -1.68. The second-order valence-corrected chi connectivity index (χ2v) is 4.17. The molecule has 17 heavy (non-hydrogen) atoms. The molecule has 0 aromatic carbocycles. The topological polar surface area (TPSA) is 56.7 Å². The Morgan fingerprint density at radius 2 is 2.18 bits per heavy atom. The first-order valence-corrected chi connectivity index (χ1v) is 5.97. The number of rotatable bonds is 4. The van der Waals surface area contributed by atoms with Crippen LogP contribution in [0, 0.1) is 0 Å². The summed E-state index contributed by atoms with van der Waals surface area (Å²) >= 11 is 0. The predicted molar refractivity (Wildman–Crippen MR) is 68.0 cm³/mol. The molecule has 0 aliphatic heterocycles. The van der Waals surface area contributed by atoms with Gasteiger partial charge in [0.25, 0.3) is 0 Å². The molecule has 2 aromatic rings. The van der Waals surface area contributed by atoms with Crippen molar-refractivity contribution in [2.45, 2.75) is 32.7 Å². The van der Waals surface area contributed by atoms with Gasteiger partial charge >= 0.3 is 0 Å². The lowest BCUT2D eigenvalue weighted by molar-refractivity contribution is 0.758. The van der Waals surface area contributed by atoms with Crippen molar-refractivity contribution in [2.24, 2.45) is 5.73 Å². The van der Waals surface area contributed by atoms with E-state index in [-0.39, 0.29) is 6.04 Å². The molecule has 0 saturated heterocycles. The van der Waals surface area contributed by atoms with Gasteiger partial charge in [-0.1, -0.05) is 13.0 Å². The van der Waals surface area contributed by atoms with Crippen molar-refractivity contribution >= 4 is 0 Å². The van der Waals surface area contributed by atoms with Gasteiger partial charge in [0.1, 0.15) is 11.6 Å². The highest BCUT2D eigenvalue weighted by molar-refractivity contribution is 5.36. The standard InChI is InChI=1S/C13H18N4/c1-3-5-12-15-8-9-17(12)13-11(10(2)14)6-4-7-16-13/h4,6-10H,3,5,14H2,1-2H3. The third-order valence-electron chi connectivity index (χ3n) is 2.73. The summed E-state index contributed by atoms with van der Waals surface area (Å²) in [6.45, 7) is 4.11. The van der Waals surface area contributed by atoms with E-state index in [0.29, 0.717) is 0 Å². The van der Waals surface area contributed by atoms with Crippen LogP contribution in [0.1, 0.15) is 37.7 Å². The predicted octanol–water partition coefficient (Wildman–Crippen LogP) is 2.24. The Balaban J connectivity index is 2.48. The molecular formula is C13H18N4. The molecule has 2 heterocycles. The highest BCUT2D eigenvalue weighted by Crippen LogP contribution is 2.19. The minimum Gasteiger partial charge on any atom is -0.324 e. The summed E-state index contributed by atoms with van der Waals surface area (Å²) in [6.07, 6.45) is 7.56. The van der Waals surface area contributed by atoms with Crippen molar-refractivity contribution in [3.63, 3.8) is 0 Å². The van der Waals surface area contributed by atoms with Gasteiger partial charge in [0.05, 0.1) is 0 Å². The molecule has 0 spiro atoms. The molecule has 0 aliphatic carbocycles. The smallest absolute Gasteiger partial charge is 0.142 e. The number of aromatic nitrogens is 3. The first-order chi connectivity index (χ1) is 8.24. The molecule has 4 nitrogen and oxygen atoms in total. The van der Waals surface area contributed by atoms with Crippen molar-refractivity contribution < 1.29 is 0 Å². The van der Waals surface area contributed by atoms with E-state index in [1.807, 2.05) is 36.0 Å². The molecule has 0 aliphatic rings. The molecule has 4 heteroatoms. The third-order valence-corrected chi connectivity index (χ3v) is 2.73. The van der Waals surface area contributed by atoms with Crippen molar-refractivity contribution in [3.05, 3.63) is 42.1 Å². The van der Waals surface area contributed by atoms with Crippen LogP contribution in [0.4, 0.5) is 0 Å². The molecule has 0 bridgehead atoms. The lowest BCUT2D eigenvalue weighted by Gasteiger charge is -2.13. The second kappa shape index (κ2) is 5.10. The first kappa shape index (κ1) is 11.8. The molecule has 2 rings (SSSR count). The molecule has 90 valence electrons. The molecular weight excluding hydrogens is 212 g/mol. The van der Waals surface area contributed by atoms with Gasteiger partial charge in [0.2, 0.25) is 0 Å². The second-order valence-electron chi connectivity index (χ2n) is 4.17. The SMILES string of the molecule is CCCc1nccn1-c1ncccc1C(C)N. The van der Waals surface area contributed by atoms with Gasteiger partial charge in [-0.2, -0.15) is 0 Å². The van der Waals surface area contributed by atoms with Crippen molar-refractivity contribution in [3.8, 4) is 5.82 Å². The number of hydrogen-bond acceptors (Lipinski definition) is 3. The average Bonchev–Trinajstić information content (AvgIpc) is 2.77. The fourth-order valence-corrected chi connectivity index (χ4v) is 1.90. The van der Waals surface area contributed by atoms with Gasteiger partial charge < -0.3 is 5.73 Å². The zero-order chi connectivity index (χ0) is 12.3. The highest BCUT2D eigenvalue weighted by Gasteiger charge is 2.12. The molecule has 1 atom stereocenters. The van der Waals surface area contributed by atoms with Gasteiger partial charge in [0.15, 0.2) is 0 Å². The Morgan fingerprint density at radius 3 is 2.88 bits per heavy atom. The summed E-state index contributed by atoms with van der Waals surface area (Å²) < 4.78 is 2.03. The average molecular weight is 230 g/mol. The molecule has 0 radical (unpaired) electrons. The van der Waals surface area contributed by atoms with Gasteiger partial charge in [0, 0.05) is 36.6 Å². The zero-order valence-electron chi connectivity index (χ0n) is 10.3. The van der Waals surface area contributed by atoms with E-state index in [1.54, 1.807) is 6.20 Å². The van der Waals surface area contributed by atoms with Crippen LogP contribution >= 0.6 is 0 Å². The van der Waals surface area contributed by atoms with Gasteiger partial charge in [-0.05, 0) is 19.4 Å². The minimum atomic E-state index is -0.0319. The van der Waals surface area contributed by atoms with Crippen LogP contribution < -0.4 is 5.73 Å². The molecule has 1 unspecified atom stereocenters. The maximum absolute atomic E-state index is 5.97. The molecule has 2 N–H and O–H groups in total. The molecule has 2 aromatic heterocycles. The van der Waals surface area contributed by atoms with E-state index in [1.165, 1.54) is 0 Å². The van der Waals surface area contributed by atoms with E-state index < -0.39 is 0 Å². The van der Waals surface area contributed by atoms with Crippen LogP contribution in [0.25, 0.3) is 5.82 Å². The Bertz CT molecular complexity index is 488.